The minimum Gasteiger partial charge on any atom is -0.293 e. The number of benzene rings is 3. The van der Waals surface area contributed by atoms with Crippen molar-refractivity contribution in [2.24, 2.45) is 0 Å². The molecular weight excluding hydrogens is 513 g/mol. The van der Waals surface area contributed by atoms with Crippen molar-refractivity contribution in [3.05, 3.63) is 99.8 Å². The lowest BCUT2D eigenvalue weighted by atomic mass is 10.1. The summed E-state index contributed by atoms with van der Waals surface area (Å²) >= 11 is 13.2. The summed E-state index contributed by atoms with van der Waals surface area (Å²) in [5.74, 6) is -0.249. The van der Waals surface area contributed by atoms with E-state index >= 15 is 0 Å². The van der Waals surface area contributed by atoms with Crippen molar-refractivity contribution in [3.63, 3.8) is 0 Å². The lowest BCUT2D eigenvalue weighted by Crippen LogP contribution is -2.11. The molecular formula is C24H19Cl2N3O3S2. The highest BCUT2D eigenvalue weighted by molar-refractivity contribution is 7.99. The van der Waals surface area contributed by atoms with Crippen molar-refractivity contribution in [3.8, 4) is 5.69 Å². The monoisotopic (exact) mass is 531 g/mol. The molecule has 0 saturated carbocycles. The number of thioether (sulfide) groups is 1. The molecule has 6 nitrogen and oxygen atoms in total. The highest BCUT2D eigenvalue weighted by Gasteiger charge is 2.23. The topological polar surface area (TPSA) is 81.9 Å². The van der Waals surface area contributed by atoms with Crippen molar-refractivity contribution < 1.29 is 13.2 Å². The molecule has 3 aromatic carbocycles. The molecule has 1 heterocycles. The molecule has 0 fully saturated rings. The molecule has 0 atom stereocenters. The molecule has 10 heteroatoms. The van der Waals surface area contributed by atoms with Crippen molar-refractivity contribution in [2.75, 3.05) is 5.75 Å². The first kappa shape index (κ1) is 24.5. The van der Waals surface area contributed by atoms with Gasteiger partial charge >= 0.3 is 0 Å². The van der Waals surface area contributed by atoms with E-state index in [2.05, 4.69) is 10.2 Å². The fraction of sp³-hybridized carbons (Fsp3) is 0.125. The average Bonchev–Trinajstić information content (AvgIpc) is 3.20. The molecule has 4 aromatic rings. The zero-order valence-electron chi connectivity index (χ0n) is 18.0. The van der Waals surface area contributed by atoms with E-state index in [4.69, 9.17) is 23.2 Å². The molecule has 4 rings (SSSR count). The van der Waals surface area contributed by atoms with Gasteiger partial charge in [-0.25, -0.2) is 8.42 Å². The van der Waals surface area contributed by atoms with Gasteiger partial charge in [0.2, 0.25) is 0 Å². The van der Waals surface area contributed by atoms with Crippen LogP contribution in [0.25, 0.3) is 5.69 Å². The van der Waals surface area contributed by atoms with Crippen LogP contribution in [-0.4, -0.2) is 34.7 Å². The fourth-order valence-corrected chi connectivity index (χ4v) is 5.86. The molecule has 0 unspecified atom stereocenters. The largest absolute Gasteiger partial charge is 0.293 e. The number of rotatable bonds is 8. The van der Waals surface area contributed by atoms with E-state index in [9.17, 15) is 13.2 Å². The molecule has 0 spiro atoms. The van der Waals surface area contributed by atoms with Gasteiger partial charge in [0.25, 0.3) is 0 Å². The summed E-state index contributed by atoms with van der Waals surface area (Å²) < 4.78 is 27.8. The van der Waals surface area contributed by atoms with Crippen LogP contribution < -0.4 is 0 Å². The lowest BCUT2D eigenvalue weighted by molar-refractivity contribution is 0.102. The summed E-state index contributed by atoms with van der Waals surface area (Å²) in [5.41, 5.74) is 2.02. The molecule has 0 saturated heterocycles. The highest BCUT2D eigenvalue weighted by atomic mass is 35.5. The van der Waals surface area contributed by atoms with Crippen LogP contribution in [0.4, 0.5) is 0 Å². The van der Waals surface area contributed by atoms with Crippen LogP contribution in [0.2, 0.25) is 10.0 Å². The number of ketones is 1. The summed E-state index contributed by atoms with van der Waals surface area (Å²) in [4.78, 5) is 13.0. The van der Waals surface area contributed by atoms with Gasteiger partial charge in [0, 0.05) is 16.3 Å². The third-order valence-electron chi connectivity index (χ3n) is 4.98. The maximum absolute atomic E-state index is 13.1. The normalized spacial score (nSPS) is 11.5. The maximum atomic E-state index is 13.1. The van der Waals surface area contributed by atoms with E-state index in [1.165, 1.54) is 6.07 Å². The lowest BCUT2D eigenvalue weighted by Gasteiger charge is -2.11. The average molecular weight is 532 g/mol. The molecule has 174 valence electrons. The van der Waals surface area contributed by atoms with Crippen LogP contribution in [0.1, 0.15) is 21.7 Å². The van der Waals surface area contributed by atoms with Crippen molar-refractivity contribution in [1.29, 1.82) is 0 Å². The van der Waals surface area contributed by atoms with Crippen molar-refractivity contribution in [1.82, 2.24) is 14.8 Å². The van der Waals surface area contributed by atoms with E-state index in [0.29, 0.717) is 21.4 Å². The predicted molar refractivity (Wildman–Crippen MR) is 135 cm³/mol. The van der Waals surface area contributed by atoms with Crippen LogP contribution in [0.15, 0.2) is 82.8 Å². The predicted octanol–water partition coefficient (Wildman–Crippen LogP) is 5.83. The summed E-state index contributed by atoms with van der Waals surface area (Å²) in [6.07, 6.45) is 0. The second kappa shape index (κ2) is 10.3. The van der Waals surface area contributed by atoms with Crippen LogP contribution in [-0.2, 0) is 15.6 Å². The first-order chi connectivity index (χ1) is 16.2. The Balaban J connectivity index is 1.64. The summed E-state index contributed by atoms with van der Waals surface area (Å²) in [7, 11) is -3.66. The van der Waals surface area contributed by atoms with E-state index in [0.717, 1.165) is 17.3 Å². The SMILES string of the molecule is Cc1ccc(S(=O)(=O)Cc2nnc(SCC(=O)c3ccc(Cl)cc3Cl)n2-c2ccccc2)cc1. The molecule has 0 aliphatic heterocycles. The number of para-hydroxylation sites is 1. The quantitative estimate of drug-likeness (QED) is 0.210. The van der Waals surface area contributed by atoms with Gasteiger partial charge in [-0.3, -0.25) is 9.36 Å². The van der Waals surface area contributed by atoms with Gasteiger partial charge in [-0.15, -0.1) is 10.2 Å². The molecule has 0 N–H and O–H groups in total. The zero-order valence-corrected chi connectivity index (χ0v) is 21.1. The van der Waals surface area contributed by atoms with E-state index in [-0.39, 0.29) is 33.0 Å². The number of carbonyl (C=O) groups excluding carboxylic acids is 1. The molecule has 0 radical (unpaired) electrons. The number of halogens is 2. The second-order valence-electron chi connectivity index (χ2n) is 7.48. The summed E-state index contributed by atoms with van der Waals surface area (Å²) in [6.45, 7) is 1.89. The Kier molecular flexibility index (Phi) is 7.42. The maximum Gasteiger partial charge on any atom is 0.196 e. The Hall–Kier alpha value is -2.65. The Morgan fingerprint density at radius 1 is 0.971 bits per heavy atom. The number of hydrogen-bond donors (Lipinski definition) is 0. The van der Waals surface area contributed by atoms with Crippen LogP contribution in [0.3, 0.4) is 0 Å². The third kappa shape index (κ3) is 5.52. The van der Waals surface area contributed by atoms with Gasteiger partial charge in [-0.05, 0) is 49.4 Å². The molecule has 0 aliphatic rings. The third-order valence-corrected chi connectivity index (χ3v) is 8.08. The van der Waals surface area contributed by atoms with Gasteiger partial charge in [0.15, 0.2) is 26.6 Å². The van der Waals surface area contributed by atoms with Gasteiger partial charge in [0.05, 0.1) is 15.7 Å². The van der Waals surface area contributed by atoms with E-state index in [1.54, 1.807) is 41.0 Å². The van der Waals surface area contributed by atoms with E-state index < -0.39 is 9.84 Å². The number of hydrogen-bond acceptors (Lipinski definition) is 6. The number of nitrogens with zero attached hydrogens (tertiary/aromatic N) is 3. The Morgan fingerprint density at radius 3 is 2.35 bits per heavy atom. The van der Waals surface area contributed by atoms with Gasteiger partial charge < -0.3 is 0 Å². The molecule has 1 aromatic heterocycles. The Labute approximate surface area is 211 Å². The van der Waals surface area contributed by atoms with Gasteiger partial charge in [-0.2, -0.15) is 0 Å². The smallest absolute Gasteiger partial charge is 0.196 e. The second-order valence-corrected chi connectivity index (χ2v) is 11.3. The van der Waals surface area contributed by atoms with Crippen LogP contribution >= 0.6 is 35.0 Å². The first-order valence-corrected chi connectivity index (χ1v) is 13.5. The van der Waals surface area contributed by atoms with Crippen LogP contribution in [0.5, 0.6) is 0 Å². The standard InChI is InChI=1S/C24H19Cl2N3O3S2/c1-16-7-10-19(11-8-16)34(31,32)15-23-27-28-24(29(23)18-5-3-2-4-6-18)33-14-22(30)20-12-9-17(25)13-21(20)26/h2-13H,14-15H2,1H3. The minimum absolute atomic E-state index is 0.0387. The molecule has 0 aliphatic carbocycles. The summed E-state index contributed by atoms with van der Waals surface area (Å²) in [5, 5.41) is 9.47. The molecule has 0 amide bonds. The highest BCUT2D eigenvalue weighted by Crippen LogP contribution is 2.27. The number of aryl methyl sites for hydroxylation is 1. The van der Waals surface area contributed by atoms with Crippen LogP contribution in [0, 0.1) is 6.92 Å². The van der Waals surface area contributed by atoms with Gasteiger partial charge in [-0.1, -0.05) is 70.9 Å². The first-order valence-electron chi connectivity index (χ1n) is 10.1. The number of Topliss-reactive ketones (excluding diaryl/α,β-unsaturated/α-hetero) is 1. The number of carbonyl (C=O) groups is 1. The Bertz CT molecular complexity index is 1440. The number of aromatic nitrogens is 3. The molecule has 0 bridgehead atoms. The number of sulfone groups is 1. The fourth-order valence-electron chi connectivity index (χ4n) is 3.25. The zero-order chi connectivity index (χ0) is 24.3. The van der Waals surface area contributed by atoms with E-state index in [1.807, 2.05) is 37.3 Å². The van der Waals surface area contributed by atoms with Gasteiger partial charge in [0.1, 0.15) is 5.75 Å². The minimum atomic E-state index is -3.66. The van der Waals surface area contributed by atoms with Crippen molar-refractivity contribution >= 4 is 50.6 Å². The van der Waals surface area contributed by atoms with Crippen molar-refractivity contribution in [2.45, 2.75) is 22.7 Å². The molecule has 34 heavy (non-hydrogen) atoms. The summed E-state index contributed by atoms with van der Waals surface area (Å²) in [6, 6.07) is 20.5. The Morgan fingerprint density at radius 2 is 1.68 bits per heavy atom.